The molecule has 1 aliphatic heterocycles. The molecule has 88 valence electrons. The van der Waals surface area contributed by atoms with Crippen LogP contribution in [0.25, 0.3) is 0 Å². The van der Waals surface area contributed by atoms with E-state index in [1.807, 2.05) is 11.8 Å². The lowest BCUT2D eigenvalue weighted by Crippen LogP contribution is -2.40. The zero-order chi connectivity index (χ0) is 11.5. The average Bonchev–Trinajstić information content (AvgIpc) is 2.31. The van der Waals surface area contributed by atoms with Crippen LogP contribution in [0.4, 0.5) is 10.2 Å². The van der Waals surface area contributed by atoms with Crippen LogP contribution in [0.15, 0.2) is 6.33 Å². The number of nitrogens with two attached hydrogens (primary N) is 1. The fraction of sp³-hybridized carbons (Fsp3) is 0.636. The number of aromatic nitrogens is 2. The smallest absolute Gasteiger partial charge is 0.187 e. The Morgan fingerprint density at radius 2 is 2.12 bits per heavy atom. The summed E-state index contributed by atoms with van der Waals surface area (Å²) >= 11 is 0. The van der Waals surface area contributed by atoms with Gasteiger partial charge in [-0.1, -0.05) is 6.92 Å². The summed E-state index contributed by atoms with van der Waals surface area (Å²) in [5.41, 5.74) is 6.30. The van der Waals surface area contributed by atoms with E-state index in [-0.39, 0.29) is 11.9 Å². The maximum atomic E-state index is 14.0. The van der Waals surface area contributed by atoms with Crippen molar-refractivity contribution in [3.05, 3.63) is 17.8 Å². The number of anilines is 1. The van der Waals surface area contributed by atoms with Gasteiger partial charge in [-0.15, -0.1) is 0 Å². The topological polar surface area (TPSA) is 55.0 Å². The third-order valence-electron chi connectivity index (χ3n) is 3.02. The van der Waals surface area contributed by atoms with Crippen molar-refractivity contribution in [3.8, 4) is 0 Å². The minimum absolute atomic E-state index is 0.242. The number of hydrogen-bond donors (Lipinski definition) is 1. The minimum atomic E-state index is -0.277. The predicted molar refractivity (Wildman–Crippen MR) is 60.8 cm³/mol. The summed E-state index contributed by atoms with van der Waals surface area (Å²) in [7, 11) is 0. The first-order valence-electron chi connectivity index (χ1n) is 5.72. The molecule has 0 aromatic carbocycles. The van der Waals surface area contributed by atoms with Gasteiger partial charge < -0.3 is 10.6 Å². The molecular formula is C11H17FN4. The van der Waals surface area contributed by atoms with Gasteiger partial charge in [0.25, 0.3) is 0 Å². The van der Waals surface area contributed by atoms with Crippen molar-refractivity contribution in [2.75, 3.05) is 18.0 Å². The lowest BCUT2D eigenvalue weighted by atomic mass is 10.1. The molecule has 0 saturated carbocycles. The van der Waals surface area contributed by atoms with Crippen molar-refractivity contribution < 1.29 is 4.39 Å². The van der Waals surface area contributed by atoms with E-state index < -0.39 is 0 Å². The Morgan fingerprint density at radius 1 is 1.44 bits per heavy atom. The van der Waals surface area contributed by atoms with Gasteiger partial charge in [-0.25, -0.2) is 14.4 Å². The molecule has 2 rings (SSSR count). The summed E-state index contributed by atoms with van der Waals surface area (Å²) in [5.74, 6) is 0.152. The van der Waals surface area contributed by atoms with Crippen molar-refractivity contribution in [1.29, 1.82) is 0 Å². The molecule has 16 heavy (non-hydrogen) atoms. The minimum Gasteiger partial charge on any atom is -0.354 e. The van der Waals surface area contributed by atoms with Crippen LogP contribution in [0.1, 0.15) is 25.5 Å². The number of rotatable bonds is 2. The zero-order valence-corrected chi connectivity index (χ0v) is 9.49. The van der Waals surface area contributed by atoms with Crippen molar-refractivity contribution in [2.45, 2.75) is 32.2 Å². The lowest BCUT2D eigenvalue weighted by molar-refractivity contribution is 0.487. The van der Waals surface area contributed by atoms with Crippen LogP contribution >= 0.6 is 0 Å². The van der Waals surface area contributed by atoms with E-state index in [1.165, 1.54) is 6.33 Å². The Hall–Kier alpha value is -1.23. The van der Waals surface area contributed by atoms with Crippen LogP contribution in [0.3, 0.4) is 0 Å². The molecule has 0 spiro atoms. The molecule has 0 bridgehead atoms. The maximum Gasteiger partial charge on any atom is 0.187 e. The van der Waals surface area contributed by atoms with Gasteiger partial charge >= 0.3 is 0 Å². The van der Waals surface area contributed by atoms with Crippen LogP contribution in [0.2, 0.25) is 0 Å². The fourth-order valence-corrected chi connectivity index (χ4v) is 1.97. The summed E-state index contributed by atoms with van der Waals surface area (Å²) in [6, 6.07) is 0.242. The summed E-state index contributed by atoms with van der Waals surface area (Å²) in [4.78, 5) is 9.92. The van der Waals surface area contributed by atoms with E-state index >= 15 is 0 Å². The zero-order valence-electron chi connectivity index (χ0n) is 9.49. The maximum absolute atomic E-state index is 14.0. The molecule has 0 unspecified atom stereocenters. The van der Waals surface area contributed by atoms with Gasteiger partial charge in [-0.2, -0.15) is 0 Å². The summed E-state index contributed by atoms with van der Waals surface area (Å²) in [5, 5.41) is 0. The second-order valence-electron chi connectivity index (χ2n) is 4.14. The molecule has 0 atom stereocenters. The number of halogens is 1. The molecule has 0 amide bonds. The molecule has 0 aliphatic carbocycles. The molecule has 1 aromatic rings. The van der Waals surface area contributed by atoms with Crippen LogP contribution in [-0.2, 0) is 6.42 Å². The Bertz CT molecular complexity index is 361. The quantitative estimate of drug-likeness (QED) is 0.817. The number of piperidine rings is 1. The Balaban J connectivity index is 2.20. The Kier molecular flexibility index (Phi) is 3.33. The molecule has 1 aliphatic rings. The molecule has 1 aromatic heterocycles. The molecule has 4 nitrogen and oxygen atoms in total. The summed E-state index contributed by atoms with van der Waals surface area (Å²) in [6.07, 6.45) is 3.82. The van der Waals surface area contributed by atoms with Crippen LogP contribution < -0.4 is 10.6 Å². The van der Waals surface area contributed by atoms with Crippen molar-refractivity contribution in [1.82, 2.24) is 9.97 Å². The highest BCUT2D eigenvalue weighted by Crippen LogP contribution is 2.21. The van der Waals surface area contributed by atoms with E-state index in [0.29, 0.717) is 17.9 Å². The first-order valence-corrected chi connectivity index (χ1v) is 5.72. The second kappa shape index (κ2) is 4.74. The molecule has 0 radical (unpaired) electrons. The molecule has 5 heteroatoms. The Labute approximate surface area is 94.7 Å². The van der Waals surface area contributed by atoms with Crippen molar-refractivity contribution >= 4 is 5.82 Å². The van der Waals surface area contributed by atoms with Crippen molar-refractivity contribution in [3.63, 3.8) is 0 Å². The van der Waals surface area contributed by atoms with E-state index in [0.717, 1.165) is 25.9 Å². The van der Waals surface area contributed by atoms with Crippen molar-refractivity contribution in [2.24, 2.45) is 5.73 Å². The first-order chi connectivity index (χ1) is 7.72. The van der Waals surface area contributed by atoms with E-state index in [1.54, 1.807) is 0 Å². The van der Waals surface area contributed by atoms with Gasteiger partial charge in [0.05, 0.1) is 5.69 Å². The van der Waals surface area contributed by atoms with Gasteiger partial charge in [0.2, 0.25) is 0 Å². The van der Waals surface area contributed by atoms with Crippen LogP contribution in [0, 0.1) is 5.82 Å². The standard InChI is InChI=1S/C11H17FN4/c1-2-9-10(12)11(15-7-14-9)16-5-3-8(13)4-6-16/h7-8H,2-6,13H2,1H3. The van der Waals surface area contributed by atoms with Gasteiger partial charge in [0.1, 0.15) is 6.33 Å². The number of hydrogen-bond acceptors (Lipinski definition) is 4. The van der Waals surface area contributed by atoms with Crippen LogP contribution in [0.5, 0.6) is 0 Å². The van der Waals surface area contributed by atoms with Crippen LogP contribution in [-0.4, -0.2) is 29.1 Å². The van der Waals surface area contributed by atoms with Gasteiger partial charge in [0.15, 0.2) is 11.6 Å². The molecular weight excluding hydrogens is 207 g/mol. The highest BCUT2D eigenvalue weighted by Gasteiger charge is 2.21. The third-order valence-corrected chi connectivity index (χ3v) is 3.02. The molecule has 2 N–H and O–H groups in total. The third kappa shape index (κ3) is 2.14. The summed E-state index contributed by atoms with van der Waals surface area (Å²) in [6.45, 7) is 3.44. The highest BCUT2D eigenvalue weighted by atomic mass is 19.1. The first kappa shape index (κ1) is 11.3. The average molecular weight is 224 g/mol. The predicted octanol–water partition coefficient (Wildman–Crippen LogP) is 1.11. The molecule has 1 saturated heterocycles. The highest BCUT2D eigenvalue weighted by molar-refractivity contribution is 5.41. The SMILES string of the molecule is CCc1ncnc(N2CCC(N)CC2)c1F. The van der Waals surface area contributed by atoms with E-state index in [4.69, 9.17) is 5.73 Å². The van der Waals surface area contributed by atoms with E-state index in [9.17, 15) is 4.39 Å². The largest absolute Gasteiger partial charge is 0.354 e. The fourth-order valence-electron chi connectivity index (χ4n) is 1.97. The van der Waals surface area contributed by atoms with Gasteiger partial charge in [-0.3, -0.25) is 0 Å². The lowest BCUT2D eigenvalue weighted by Gasteiger charge is -2.31. The van der Waals surface area contributed by atoms with Gasteiger partial charge in [-0.05, 0) is 19.3 Å². The number of aryl methyl sites for hydroxylation is 1. The monoisotopic (exact) mass is 224 g/mol. The Morgan fingerprint density at radius 3 is 2.75 bits per heavy atom. The molecule has 2 heterocycles. The normalized spacial score (nSPS) is 17.8. The number of nitrogens with zero attached hydrogens (tertiary/aromatic N) is 3. The summed E-state index contributed by atoms with van der Waals surface area (Å²) < 4.78 is 14.0. The second-order valence-corrected chi connectivity index (χ2v) is 4.14. The van der Waals surface area contributed by atoms with Gasteiger partial charge in [0, 0.05) is 19.1 Å². The van der Waals surface area contributed by atoms with E-state index in [2.05, 4.69) is 9.97 Å². The molecule has 1 fully saturated rings.